The minimum atomic E-state index is -0.343. The van der Waals surface area contributed by atoms with Gasteiger partial charge < -0.3 is 10.4 Å². The second-order valence-corrected chi connectivity index (χ2v) is 7.36. The average Bonchev–Trinajstić information content (AvgIpc) is 2.70. The Morgan fingerprint density at radius 2 is 1.61 bits per heavy atom. The summed E-state index contributed by atoms with van der Waals surface area (Å²) in [6.07, 6.45) is 5.28. The van der Waals surface area contributed by atoms with Gasteiger partial charge in [0, 0.05) is 5.92 Å². The Labute approximate surface area is 110 Å². The standard InChI is InChI=1S/C15H27NO2/c1-13(2)11(14(13,3)4)12(18)16-15(10-17)8-6-5-7-9-15/h11,17H,5-10H2,1-4H3,(H,16,18). The van der Waals surface area contributed by atoms with Gasteiger partial charge in [0.25, 0.3) is 0 Å². The summed E-state index contributed by atoms with van der Waals surface area (Å²) in [4.78, 5) is 12.4. The lowest BCUT2D eigenvalue weighted by atomic mass is 9.82. The largest absolute Gasteiger partial charge is 0.394 e. The highest BCUT2D eigenvalue weighted by atomic mass is 16.3. The van der Waals surface area contributed by atoms with Crippen molar-refractivity contribution in [2.45, 2.75) is 65.3 Å². The third-order valence-corrected chi connectivity index (χ3v) is 5.78. The van der Waals surface area contributed by atoms with Gasteiger partial charge in [0.05, 0.1) is 12.1 Å². The maximum Gasteiger partial charge on any atom is 0.224 e. The summed E-state index contributed by atoms with van der Waals surface area (Å²) in [5.74, 6) is 0.219. The first kappa shape index (κ1) is 13.9. The van der Waals surface area contributed by atoms with Gasteiger partial charge in [-0.1, -0.05) is 47.0 Å². The van der Waals surface area contributed by atoms with Crippen molar-refractivity contribution >= 4 is 5.91 Å². The van der Waals surface area contributed by atoms with E-state index in [0.717, 1.165) is 25.7 Å². The molecule has 2 aliphatic carbocycles. The summed E-state index contributed by atoms with van der Waals surface area (Å²) in [5, 5.41) is 12.8. The van der Waals surface area contributed by atoms with E-state index in [1.165, 1.54) is 6.42 Å². The first-order valence-electron chi connectivity index (χ1n) is 7.20. The number of rotatable bonds is 3. The number of aliphatic hydroxyl groups excluding tert-OH is 1. The molecule has 18 heavy (non-hydrogen) atoms. The minimum Gasteiger partial charge on any atom is -0.394 e. The Morgan fingerprint density at radius 1 is 1.11 bits per heavy atom. The van der Waals surface area contributed by atoms with Crippen LogP contribution in [-0.2, 0) is 4.79 Å². The van der Waals surface area contributed by atoms with E-state index in [1.807, 2.05) is 0 Å². The van der Waals surface area contributed by atoms with Gasteiger partial charge in [-0.3, -0.25) is 4.79 Å². The first-order chi connectivity index (χ1) is 8.27. The molecule has 3 heteroatoms. The molecule has 0 heterocycles. The maximum absolute atomic E-state index is 12.4. The van der Waals surface area contributed by atoms with E-state index in [2.05, 4.69) is 33.0 Å². The topological polar surface area (TPSA) is 49.3 Å². The van der Waals surface area contributed by atoms with Crippen LogP contribution >= 0.6 is 0 Å². The van der Waals surface area contributed by atoms with E-state index in [-0.39, 0.29) is 34.8 Å². The van der Waals surface area contributed by atoms with Crippen LogP contribution in [0.5, 0.6) is 0 Å². The quantitative estimate of drug-likeness (QED) is 0.812. The van der Waals surface area contributed by atoms with Gasteiger partial charge in [0.1, 0.15) is 0 Å². The van der Waals surface area contributed by atoms with Gasteiger partial charge in [-0.05, 0) is 23.7 Å². The van der Waals surface area contributed by atoms with Crippen molar-refractivity contribution in [3.8, 4) is 0 Å². The van der Waals surface area contributed by atoms with Crippen LogP contribution < -0.4 is 5.32 Å². The van der Waals surface area contributed by atoms with E-state index >= 15 is 0 Å². The molecule has 2 N–H and O–H groups in total. The number of hydrogen-bond donors (Lipinski definition) is 2. The van der Waals surface area contributed by atoms with E-state index in [0.29, 0.717) is 0 Å². The number of aliphatic hydroxyl groups is 1. The summed E-state index contributed by atoms with van der Waals surface area (Å²) in [7, 11) is 0. The van der Waals surface area contributed by atoms with E-state index in [9.17, 15) is 9.90 Å². The number of nitrogens with one attached hydrogen (secondary N) is 1. The molecular formula is C15H27NO2. The molecule has 0 aliphatic heterocycles. The lowest BCUT2D eigenvalue weighted by Gasteiger charge is -2.36. The van der Waals surface area contributed by atoms with Crippen LogP contribution in [0.2, 0.25) is 0 Å². The molecule has 0 aromatic heterocycles. The van der Waals surface area contributed by atoms with Gasteiger partial charge in [-0.15, -0.1) is 0 Å². The monoisotopic (exact) mass is 253 g/mol. The molecule has 0 aromatic rings. The molecule has 2 aliphatic rings. The molecule has 2 rings (SSSR count). The number of hydrogen-bond acceptors (Lipinski definition) is 2. The van der Waals surface area contributed by atoms with Crippen molar-refractivity contribution in [3.05, 3.63) is 0 Å². The number of carbonyl (C=O) groups is 1. The van der Waals surface area contributed by atoms with Crippen molar-refractivity contribution in [2.75, 3.05) is 6.61 Å². The summed E-state index contributed by atoms with van der Waals surface area (Å²) >= 11 is 0. The smallest absolute Gasteiger partial charge is 0.224 e. The van der Waals surface area contributed by atoms with Crippen molar-refractivity contribution in [2.24, 2.45) is 16.7 Å². The predicted molar refractivity (Wildman–Crippen MR) is 72.1 cm³/mol. The van der Waals surface area contributed by atoms with Crippen LogP contribution in [0.15, 0.2) is 0 Å². The fourth-order valence-electron chi connectivity index (χ4n) is 3.74. The second-order valence-electron chi connectivity index (χ2n) is 7.36. The summed E-state index contributed by atoms with van der Waals surface area (Å²) in [6, 6.07) is 0. The van der Waals surface area contributed by atoms with Crippen molar-refractivity contribution in [1.29, 1.82) is 0 Å². The highest BCUT2D eigenvalue weighted by Gasteiger charge is 2.68. The fraction of sp³-hybridized carbons (Fsp3) is 0.933. The molecule has 0 spiro atoms. The fourth-order valence-corrected chi connectivity index (χ4v) is 3.74. The Morgan fingerprint density at radius 3 is 2.00 bits per heavy atom. The Kier molecular flexibility index (Phi) is 3.25. The molecule has 2 fully saturated rings. The third kappa shape index (κ3) is 1.97. The minimum absolute atomic E-state index is 0.0718. The SMILES string of the molecule is CC1(C)C(C(=O)NC2(CO)CCCCC2)C1(C)C. The molecule has 0 unspecified atom stereocenters. The number of carbonyl (C=O) groups excluding carboxylic acids is 1. The third-order valence-electron chi connectivity index (χ3n) is 5.78. The molecule has 104 valence electrons. The highest BCUT2D eigenvalue weighted by molar-refractivity contribution is 5.84. The predicted octanol–water partition coefficient (Wildman–Crippen LogP) is 2.48. The maximum atomic E-state index is 12.4. The second kappa shape index (κ2) is 4.22. The normalized spacial score (nSPS) is 28.7. The van der Waals surface area contributed by atoms with Crippen LogP contribution in [0.3, 0.4) is 0 Å². The van der Waals surface area contributed by atoms with E-state index in [4.69, 9.17) is 0 Å². The van der Waals surface area contributed by atoms with Crippen LogP contribution in [-0.4, -0.2) is 23.2 Å². The molecule has 1 amide bonds. The average molecular weight is 253 g/mol. The van der Waals surface area contributed by atoms with Crippen LogP contribution in [0.1, 0.15) is 59.8 Å². The summed E-state index contributed by atoms with van der Waals surface area (Å²) in [6.45, 7) is 8.70. The van der Waals surface area contributed by atoms with Gasteiger partial charge in [-0.25, -0.2) is 0 Å². The lowest BCUT2D eigenvalue weighted by Crippen LogP contribution is -2.53. The van der Waals surface area contributed by atoms with Gasteiger partial charge in [0.15, 0.2) is 0 Å². The Hall–Kier alpha value is -0.570. The van der Waals surface area contributed by atoms with Crippen molar-refractivity contribution in [1.82, 2.24) is 5.32 Å². The zero-order valence-electron chi connectivity index (χ0n) is 12.2. The Balaban J connectivity index is 2.03. The lowest BCUT2D eigenvalue weighted by molar-refractivity contribution is -0.126. The van der Waals surface area contributed by atoms with Crippen LogP contribution in [0.25, 0.3) is 0 Å². The van der Waals surface area contributed by atoms with E-state index in [1.54, 1.807) is 0 Å². The Bertz CT molecular complexity index is 326. The molecule has 2 saturated carbocycles. The highest BCUT2D eigenvalue weighted by Crippen LogP contribution is 2.68. The molecule has 0 saturated heterocycles. The molecule has 0 bridgehead atoms. The molecule has 0 radical (unpaired) electrons. The number of amides is 1. The van der Waals surface area contributed by atoms with Gasteiger partial charge in [0.2, 0.25) is 5.91 Å². The zero-order valence-corrected chi connectivity index (χ0v) is 12.2. The molecule has 3 nitrogen and oxygen atoms in total. The van der Waals surface area contributed by atoms with Crippen LogP contribution in [0, 0.1) is 16.7 Å². The van der Waals surface area contributed by atoms with Crippen LogP contribution in [0.4, 0.5) is 0 Å². The summed E-state index contributed by atoms with van der Waals surface area (Å²) in [5.41, 5.74) is -0.200. The first-order valence-corrected chi connectivity index (χ1v) is 7.20. The molecule has 0 aromatic carbocycles. The van der Waals surface area contributed by atoms with E-state index < -0.39 is 0 Å². The van der Waals surface area contributed by atoms with Gasteiger partial charge in [-0.2, -0.15) is 0 Å². The molecule has 0 atom stereocenters. The van der Waals surface area contributed by atoms with Crippen molar-refractivity contribution < 1.29 is 9.90 Å². The summed E-state index contributed by atoms with van der Waals surface area (Å²) < 4.78 is 0. The van der Waals surface area contributed by atoms with Crippen molar-refractivity contribution in [3.63, 3.8) is 0 Å². The zero-order chi connectivity index (χ0) is 13.6. The molecular weight excluding hydrogens is 226 g/mol. The van der Waals surface area contributed by atoms with Gasteiger partial charge >= 0.3 is 0 Å².